The third kappa shape index (κ3) is 3.59. The summed E-state index contributed by atoms with van der Waals surface area (Å²) in [5.41, 5.74) is 8.68. The molecule has 2 nitrogen and oxygen atoms in total. The summed E-state index contributed by atoms with van der Waals surface area (Å²) in [6.07, 6.45) is 3.65. The van der Waals surface area contributed by atoms with Gasteiger partial charge in [-0.25, -0.2) is 0 Å². The van der Waals surface area contributed by atoms with Gasteiger partial charge in [-0.3, -0.25) is 4.98 Å². The van der Waals surface area contributed by atoms with Crippen LogP contribution in [0, 0.1) is 0 Å². The van der Waals surface area contributed by atoms with Gasteiger partial charge in [-0.05, 0) is 30.2 Å². The molecule has 3 heteroatoms. The predicted molar refractivity (Wildman–Crippen MR) is 78.4 cm³/mol. The molecule has 1 aromatic heterocycles. The van der Waals surface area contributed by atoms with E-state index in [4.69, 9.17) is 5.73 Å². The Bertz CT molecular complexity index is 456. The zero-order valence-electron chi connectivity index (χ0n) is 10.5. The van der Waals surface area contributed by atoms with E-state index in [1.54, 1.807) is 0 Å². The number of nitrogens with zero attached hydrogens (tertiary/aromatic N) is 1. The van der Waals surface area contributed by atoms with Gasteiger partial charge in [0.2, 0.25) is 0 Å². The molecule has 0 amide bonds. The highest BCUT2D eigenvalue weighted by Crippen LogP contribution is 2.33. The molecular weight excluding hydrogens is 240 g/mol. The summed E-state index contributed by atoms with van der Waals surface area (Å²) >= 11 is 1.88. The molecule has 18 heavy (non-hydrogen) atoms. The molecule has 2 aromatic rings. The minimum atomic E-state index is 0.126. The lowest BCUT2D eigenvalue weighted by Crippen LogP contribution is -2.22. The minimum Gasteiger partial charge on any atom is -0.327 e. The highest BCUT2D eigenvalue weighted by molar-refractivity contribution is 7.98. The molecule has 0 spiro atoms. The first-order valence-electron chi connectivity index (χ1n) is 6.08. The Kier molecular flexibility index (Phi) is 4.79. The number of thioether (sulfide) groups is 1. The van der Waals surface area contributed by atoms with Crippen molar-refractivity contribution in [3.63, 3.8) is 0 Å². The van der Waals surface area contributed by atoms with Crippen LogP contribution in [0.2, 0.25) is 0 Å². The molecule has 0 bridgehead atoms. The van der Waals surface area contributed by atoms with Crippen LogP contribution in [0.5, 0.6) is 0 Å². The summed E-state index contributed by atoms with van der Waals surface area (Å²) in [5.74, 6) is 0.982. The molecule has 94 valence electrons. The van der Waals surface area contributed by atoms with E-state index >= 15 is 0 Å². The number of pyridine rings is 1. The fourth-order valence-corrected chi connectivity index (χ4v) is 3.08. The van der Waals surface area contributed by atoms with Gasteiger partial charge < -0.3 is 5.73 Å². The Labute approximate surface area is 113 Å². The van der Waals surface area contributed by atoms with E-state index in [-0.39, 0.29) is 6.04 Å². The summed E-state index contributed by atoms with van der Waals surface area (Å²) < 4.78 is 0. The van der Waals surface area contributed by atoms with Crippen LogP contribution in [0.25, 0.3) is 0 Å². The van der Waals surface area contributed by atoms with Gasteiger partial charge in [-0.1, -0.05) is 30.3 Å². The van der Waals surface area contributed by atoms with E-state index in [0.717, 1.165) is 5.75 Å². The fraction of sp³-hybridized carbons (Fsp3) is 0.267. The van der Waals surface area contributed by atoms with Crippen LogP contribution in [0.3, 0.4) is 0 Å². The Morgan fingerprint density at radius 3 is 2.39 bits per heavy atom. The monoisotopic (exact) mass is 258 g/mol. The molecule has 0 fully saturated rings. The standard InChI is InChI=1S/C15H18N2S/c1-12(16)15(14-7-9-17-10-8-14)18-11-13-5-3-2-4-6-13/h2-10,12,15H,11,16H2,1H3. The zero-order valence-corrected chi connectivity index (χ0v) is 11.3. The van der Waals surface area contributed by atoms with Crippen molar-refractivity contribution >= 4 is 11.8 Å². The van der Waals surface area contributed by atoms with Crippen LogP contribution in [0.4, 0.5) is 0 Å². The van der Waals surface area contributed by atoms with Crippen LogP contribution < -0.4 is 5.73 Å². The molecule has 2 rings (SSSR count). The van der Waals surface area contributed by atoms with Crippen LogP contribution in [-0.2, 0) is 5.75 Å². The zero-order chi connectivity index (χ0) is 12.8. The topological polar surface area (TPSA) is 38.9 Å². The molecule has 2 N–H and O–H groups in total. The molecule has 0 radical (unpaired) electrons. The molecule has 0 aliphatic rings. The second-order valence-electron chi connectivity index (χ2n) is 4.36. The van der Waals surface area contributed by atoms with E-state index in [1.807, 2.05) is 42.4 Å². The third-order valence-corrected chi connectivity index (χ3v) is 4.35. The second kappa shape index (κ2) is 6.57. The molecule has 1 heterocycles. The van der Waals surface area contributed by atoms with Gasteiger partial charge in [0.1, 0.15) is 0 Å². The third-order valence-electron chi connectivity index (χ3n) is 2.78. The summed E-state index contributed by atoms with van der Waals surface area (Å²) in [4.78, 5) is 4.06. The quantitative estimate of drug-likeness (QED) is 0.893. The van der Waals surface area contributed by atoms with Gasteiger partial charge in [0.25, 0.3) is 0 Å². The maximum atomic E-state index is 6.09. The average Bonchev–Trinajstić information content (AvgIpc) is 2.41. The fourth-order valence-electron chi connectivity index (χ4n) is 1.86. The average molecular weight is 258 g/mol. The normalized spacial score (nSPS) is 14.1. The summed E-state index contributed by atoms with van der Waals surface area (Å²) in [6, 6.07) is 14.7. The first-order chi connectivity index (χ1) is 8.77. The SMILES string of the molecule is CC(N)C(SCc1ccccc1)c1ccncc1. The van der Waals surface area contributed by atoms with Crippen LogP contribution in [-0.4, -0.2) is 11.0 Å². The van der Waals surface area contributed by atoms with Crippen molar-refractivity contribution in [1.82, 2.24) is 4.98 Å². The van der Waals surface area contributed by atoms with Crippen LogP contribution in [0.15, 0.2) is 54.9 Å². The highest BCUT2D eigenvalue weighted by atomic mass is 32.2. The van der Waals surface area contributed by atoms with Gasteiger partial charge in [-0.2, -0.15) is 0 Å². The number of aromatic nitrogens is 1. The van der Waals surface area contributed by atoms with E-state index in [0.29, 0.717) is 5.25 Å². The molecule has 2 unspecified atom stereocenters. The molecule has 0 saturated carbocycles. The Morgan fingerprint density at radius 1 is 1.11 bits per heavy atom. The van der Waals surface area contributed by atoms with Crippen molar-refractivity contribution in [3.8, 4) is 0 Å². The van der Waals surface area contributed by atoms with Crippen LogP contribution in [0.1, 0.15) is 23.3 Å². The summed E-state index contributed by atoms with van der Waals surface area (Å²) in [7, 11) is 0. The maximum Gasteiger partial charge on any atom is 0.0450 e. The van der Waals surface area contributed by atoms with Crippen molar-refractivity contribution < 1.29 is 0 Å². The highest BCUT2D eigenvalue weighted by Gasteiger charge is 2.16. The van der Waals surface area contributed by atoms with E-state index in [9.17, 15) is 0 Å². The number of benzene rings is 1. The van der Waals surface area contributed by atoms with Crippen molar-refractivity contribution in [1.29, 1.82) is 0 Å². The molecule has 0 aliphatic heterocycles. The molecule has 2 atom stereocenters. The van der Waals surface area contributed by atoms with Crippen LogP contribution >= 0.6 is 11.8 Å². The first kappa shape index (κ1) is 13.1. The van der Waals surface area contributed by atoms with Crippen molar-refractivity contribution in [2.45, 2.75) is 24.0 Å². The predicted octanol–water partition coefficient (Wildman–Crippen LogP) is 3.40. The Balaban J connectivity index is 2.04. The Morgan fingerprint density at radius 2 is 1.78 bits per heavy atom. The van der Waals surface area contributed by atoms with E-state index in [2.05, 4.69) is 36.2 Å². The lowest BCUT2D eigenvalue weighted by molar-refractivity contribution is 0.720. The van der Waals surface area contributed by atoms with E-state index < -0.39 is 0 Å². The number of rotatable bonds is 5. The Hall–Kier alpha value is -1.32. The maximum absolute atomic E-state index is 6.09. The van der Waals surface area contributed by atoms with Gasteiger partial charge in [0.15, 0.2) is 0 Å². The van der Waals surface area contributed by atoms with Crippen molar-refractivity contribution in [2.75, 3.05) is 0 Å². The smallest absolute Gasteiger partial charge is 0.0450 e. The molecule has 0 aliphatic carbocycles. The summed E-state index contributed by atoms with van der Waals surface area (Å²) in [5, 5.41) is 0.313. The lowest BCUT2D eigenvalue weighted by atomic mass is 10.1. The second-order valence-corrected chi connectivity index (χ2v) is 5.49. The van der Waals surface area contributed by atoms with Gasteiger partial charge in [0.05, 0.1) is 0 Å². The molecule has 0 saturated heterocycles. The van der Waals surface area contributed by atoms with E-state index in [1.165, 1.54) is 11.1 Å². The minimum absolute atomic E-state index is 0.126. The largest absolute Gasteiger partial charge is 0.327 e. The van der Waals surface area contributed by atoms with Gasteiger partial charge >= 0.3 is 0 Å². The van der Waals surface area contributed by atoms with Crippen molar-refractivity contribution in [2.24, 2.45) is 5.73 Å². The lowest BCUT2D eigenvalue weighted by Gasteiger charge is -2.20. The first-order valence-corrected chi connectivity index (χ1v) is 7.13. The van der Waals surface area contributed by atoms with Crippen molar-refractivity contribution in [3.05, 3.63) is 66.0 Å². The summed E-state index contributed by atoms with van der Waals surface area (Å²) in [6.45, 7) is 2.06. The number of hydrogen-bond donors (Lipinski definition) is 1. The number of hydrogen-bond acceptors (Lipinski definition) is 3. The van der Waals surface area contributed by atoms with Gasteiger partial charge in [-0.15, -0.1) is 11.8 Å². The molecule has 1 aromatic carbocycles. The molecular formula is C15H18N2S. The number of nitrogens with two attached hydrogens (primary N) is 1. The van der Waals surface area contributed by atoms with Gasteiger partial charge in [0, 0.05) is 29.4 Å².